The van der Waals surface area contributed by atoms with Crippen LogP contribution in [0.4, 0.5) is 0 Å². The Hall–Kier alpha value is -2.04. The lowest BCUT2D eigenvalue weighted by Gasteiger charge is -2.30. The third kappa shape index (κ3) is 5.25. The number of hydrogen-bond acceptors (Lipinski definition) is 4. The second-order valence-electron chi connectivity index (χ2n) is 6.29. The highest BCUT2D eigenvalue weighted by Crippen LogP contribution is 2.25. The van der Waals surface area contributed by atoms with Crippen LogP contribution in [0, 0.1) is 0 Å². The fourth-order valence-electron chi connectivity index (χ4n) is 2.62. The summed E-state index contributed by atoms with van der Waals surface area (Å²) < 4.78 is 12.2. The van der Waals surface area contributed by atoms with Gasteiger partial charge in [-0.25, -0.2) is 0 Å². The summed E-state index contributed by atoms with van der Waals surface area (Å²) in [7, 11) is 0. The molecule has 0 amide bonds. The smallest absolute Gasteiger partial charge is 0.140 e. The van der Waals surface area contributed by atoms with Gasteiger partial charge in [0.05, 0.1) is 0 Å². The number of benzene rings is 2. The monoisotopic (exact) mass is 328 g/mol. The average molecular weight is 328 g/mol. The number of rotatable bonds is 9. The minimum Gasteiger partial charge on any atom is -0.489 e. The quantitative estimate of drug-likeness (QED) is 0.737. The van der Waals surface area contributed by atoms with E-state index in [1.165, 1.54) is 0 Å². The van der Waals surface area contributed by atoms with E-state index >= 15 is 0 Å². The van der Waals surface area contributed by atoms with E-state index in [0.29, 0.717) is 19.7 Å². The van der Waals surface area contributed by atoms with Crippen LogP contribution in [0.1, 0.15) is 37.8 Å². The highest BCUT2D eigenvalue weighted by atomic mass is 16.5. The Kier molecular flexibility index (Phi) is 6.64. The van der Waals surface area contributed by atoms with E-state index in [1.807, 2.05) is 48.5 Å². The molecule has 4 heteroatoms. The fourth-order valence-corrected chi connectivity index (χ4v) is 2.62. The molecule has 0 saturated carbocycles. The first-order valence-electron chi connectivity index (χ1n) is 8.48. The van der Waals surface area contributed by atoms with Crippen molar-refractivity contribution in [3.63, 3.8) is 0 Å². The minimum absolute atomic E-state index is 0.383. The van der Waals surface area contributed by atoms with Gasteiger partial charge in [0, 0.05) is 13.1 Å². The van der Waals surface area contributed by atoms with Crippen LogP contribution in [0.2, 0.25) is 0 Å². The van der Waals surface area contributed by atoms with Gasteiger partial charge in [-0.3, -0.25) is 0 Å². The van der Waals surface area contributed by atoms with Gasteiger partial charge in [0.25, 0.3) is 0 Å². The van der Waals surface area contributed by atoms with Crippen molar-refractivity contribution in [3.05, 3.63) is 59.7 Å². The summed E-state index contributed by atoms with van der Waals surface area (Å²) in [5.41, 5.74) is 13.1. The van der Waals surface area contributed by atoms with E-state index in [9.17, 15) is 0 Å². The summed E-state index contributed by atoms with van der Waals surface area (Å²) in [6, 6.07) is 15.8. The van der Waals surface area contributed by atoms with Crippen molar-refractivity contribution in [1.82, 2.24) is 0 Å². The molecule has 0 spiro atoms. The first kappa shape index (κ1) is 18.3. The van der Waals surface area contributed by atoms with Gasteiger partial charge >= 0.3 is 0 Å². The molecule has 0 fully saturated rings. The molecule has 24 heavy (non-hydrogen) atoms. The number of hydrogen-bond donors (Lipinski definition) is 2. The van der Waals surface area contributed by atoms with E-state index in [4.69, 9.17) is 20.9 Å². The zero-order valence-electron chi connectivity index (χ0n) is 14.6. The lowest BCUT2D eigenvalue weighted by Crippen LogP contribution is -2.39. The molecule has 2 rings (SSSR count). The van der Waals surface area contributed by atoms with E-state index in [-0.39, 0.29) is 5.60 Å². The standard InChI is InChI=1S/C20H28N2O2/c1-3-12-20(2,24-19-10-6-17(14-22)7-11-19)15-23-18-8-4-16(13-21)5-9-18/h4-11H,3,12-15,21-22H2,1-2H3. The van der Waals surface area contributed by atoms with Crippen molar-refractivity contribution in [2.45, 2.75) is 45.4 Å². The van der Waals surface area contributed by atoms with Crippen molar-refractivity contribution in [2.75, 3.05) is 6.61 Å². The molecule has 2 aromatic rings. The van der Waals surface area contributed by atoms with Gasteiger partial charge in [-0.1, -0.05) is 37.6 Å². The van der Waals surface area contributed by atoms with E-state index in [1.54, 1.807) is 0 Å². The Bertz CT molecular complexity index is 611. The highest BCUT2D eigenvalue weighted by molar-refractivity contribution is 5.29. The molecule has 4 nitrogen and oxygen atoms in total. The highest BCUT2D eigenvalue weighted by Gasteiger charge is 2.27. The van der Waals surface area contributed by atoms with Crippen LogP contribution in [0.3, 0.4) is 0 Å². The lowest BCUT2D eigenvalue weighted by molar-refractivity contribution is 0.0273. The van der Waals surface area contributed by atoms with Crippen LogP contribution in [0.15, 0.2) is 48.5 Å². The van der Waals surface area contributed by atoms with Gasteiger partial charge in [0.15, 0.2) is 0 Å². The normalized spacial score (nSPS) is 13.3. The third-order valence-electron chi connectivity index (χ3n) is 4.01. The number of ether oxygens (including phenoxy) is 2. The average Bonchev–Trinajstić information content (AvgIpc) is 2.61. The maximum Gasteiger partial charge on any atom is 0.140 e. The maximum atomic E-state index is 6.22. The molecule has 0 radical (unpaired) electrons. The zero-order chi connectivity index (χ0) is 17.4. The van der Waals surface area contributed by atoms with Gasteiger partial charge in [0.1, 0.15) is 23.7 Å². The molecule has 0 aliphatic heterocycles. The van der Waals surface area contributed by atoms with Crippen LogP contribution in [-0.4, -0.2) is 12.2 Å². The van der Waals surface area contributed by atoms with Gasteiger partial charge in [0.2, 0.25) is 0 Å². The Morgan fingerprint density at radius 3 is 1.79 bits per heavy atom. The largest absolute Gasteiger partial charge is 0.489 e. The van der Waals surface area contributed by atoms with Gasteiger partial charge in [-0.05, 0) is 48.7 Å². The fraction of sp³-hybridized carbons (Fsp3) is 0.400. The molecule has 4 N–H and O–H groups in total. The van der Waals surface area contributed by atoms with Crippen molar-refractivity contribution in [1.29, 1.82) is 0 Å². The maximum absolute atomic E-state index is 6.22. The van der Waals surface area contributed by atoms with Crippen molar-refractivity contribution in [3.8, 4) is 11.5 Å². The van der Waals surface area contributed by atoms with Crippen molar-refractivity contribution < 1.29 is 9.47 Å². The molecule has 0 aromatic heterocycles. The SMILES string of the molecule is CCCC(C)(COc1ccc(CN)cc1)Oc1ccc(CN)cc1. The Balaban J connectivity index is 2.01. The van der Waals surface area contributed by atoms with Crippen LogP contribution < -0.4 is 20.9 Å². The van der Waals surface area contributed by atoms with Gasteiger partial charge in [-0.2, -0.15) is 0 Å². The Morgan fingerprint density at radius 2 is 1.33 bits per heavy atom. The summed E-state index contributed by atoms with van der Waals surface area (Å²) in [5, 5.41) is 0. The van der Waals surface area contributed by atoms with Crippen LogP contribution >= 0.6 is 0 Å². The first-order chi connectivity index (χ1) is 11.6. The molecule has 0 bridgehead atoms. The lowest BCUT2D eigenvalue weighted by atomic mass is 10.0. The molecule has 0 saturated heterocycles. The van der Waals surface area contributed by atoms with E-state index in [0.717, 1.165) is 35.5 Å². The summed E-state index contributed by atoms with van der Waals surface area (Å²) >= 11 is 0. The summed E-state index contributed by atoms with van der Waals surface area (Å²) in [5.74, 6) is 1.67. The molecule has 1 unspecified atom stereocenters. The first-order valence-corrected chi connectivity index (χ1v) is 8.48. The van der Waals surface area contributed by atoms with E-state index < -0.39 is 0 Å². The van der Waals surface area contributed by atoms with Gasteiger partial charge in [-0.15, -0.1) is 0 Å². The van der Waals surface area contributed by atoms with Gasteiger partial charge < -0.3 is 20.9 Å². The molecule has 0 heterocycles. The predicted octanol–water partition coefficient (Wildman–Crippen LogP) is 3.62. The molecule has 0 aliphatic carbocycles. The second-order valence-corrected chi connectivity index (χ2v) is 6.29. The van der Waals surface area contributed by atoms with E-state index in [2.05, 4.69) is 13.8 Å². The topological polar surface area (TPSA) is 70.5 Å². The van der Waals surface area contributed by atoms with Crippen LogP contribution in [0.5, 0.6) is 11.5 Å². The minimum atomic E-state index is -0.383. The van der Waals surface area contributed by atoms with Crippen molar-refractivity contribution in [2.24, 2.45) is 11.5 Å². The predicted molar refractivity (Wildman–Crippen MR) is 98.1 cm³/mol. The zero-order valence-corrected chi connectivity index (χ0v) is 14.6. The van der Waals surface area contributed by atoms with Crippen LogP contribution in [-0.2, 0) is 13.1 Å². The molecular weight excluding hydrogens is 300 g/mol. The molecule has 2 aromatic carbocycles. The Morgan fingerprint density at radius 1 is 0.833 bits per heavy atom. The molecule has 1 atom stereocenters. The summed E-state index contributed by atoms with van der Waals surface area (Å²) in [4.78, 5) is 0. The molecular formula is C20H28N2O2. The number of nitrogens with two attached hydrogens (primary N) is 2. The molecule has 130 valence electrons. The second kappa shape index (κ2) is 8.71. The summed E-state index contributed by atoms with van der Waals surface area (Å²) in [6.07, 6.45) is 1.93. The molecule has 0 aliphatic rings. The van der Waals surface area contributed by atoms with Crippen molar-refractivity contribution >= 4 is 0 Å². The summed E-state index contributed by atoms with van der Waals surface area (Å²) in [6.45, 7) is 5.79. The third-order valence-corrected chi connectivity index (χ3v) is 4.01. The Labute approximate surface area is 144 Å². The van der Waals surface area contributed by atoms with Crippen LogP contribution in [0.25, 0.3) is 0 Å².